The molecule has 4 rings (SSSR count). The second-order valence-corrected chi connectivity index (χ2v) is 7.70. The minimum atomic E-state index is 0.191. The number of rotatable bonds is 4. The maximum atomic E-state index is 10.5. The second kappa shape index (κ2) is 7.09. The van der Waals surface area contributed by atoms with E-state index in [1.54, 1.807) is 17.4 Å². The molecule has 3 aromatic rings. The van der Waals surface area contributed by atoms with Crippen molar-refractivity contribution in [1.29, 1.82) is 0 Å². The molecule has 0 amide bonds. The number of benzene rings is 1. The Bertz CT molecular complexity index is 919. The first-order chi connectivity index (χ1) is 12.6. The first-order valence-electron chi connectivity index (χ1n) is 8.71. The molecule has 0 spiro atoms. The molecule has 3 heterocycles. The van der Waals surface area contributed by atoms with Crippen molar-refractivity contribution in [3.8, 4) is 21.9 Å². The fourth-order valence-corrected chi connectivity index (χ4v) is 3.96. The molecule has 1 aromatic carbocycles. The van der Waals surface area contributed by atoms with Crippen LogP contribution in [0.3, 0.4) is 0 Å². The molecule has 0 saturated carbocycles. The number of nitrogens with zero attached hydrogens (tertiary/aromatic N) is 3. The topological polar surface area (TPSA) is 71.6 Å². The summed E-state index contributed by atoms with van der Waals surface area (Å²) in [7, 11) is 0. The van der Waals surface area contributed by atoms with E-state index in [0.717, 1.165) is 34.8 Å². The van der Waals surface area contributed by atoms with Crippen molar-refractivity contribution in [2.75, 3.05) is 13.2 Å². The molecular formula is C19H21N3O3S. The minimum absolute atomic E-state index is 0.191. The van der Waals surface area contributed by atoms with Gasteiger partial charge in [0, 0.05) is 34.8 Å². The van der Waals surface area contributed by atoms with Crippen LogP contribution < -0.4 is 4.74 Å². The highest BCUT2D eigenvalue weighted by atomic mass is 32.1. The van der Waals surface area contributed by atoms with Crippen LogP contribution in [0.15, 0.2) is 28.8 Å². The summed E-state index contributed by atoms with van der Waals surface area (Å²) in [5.74, 6) is 2.10. The zero-order valence-corrected chi connectivity index (χ0v) is 15.7. The predicted octanol–water partition coefficient (Wildman–Crippen LogP) is 3.77. The van der Waals surface area contributed by atoms with Crippen LogP contribution in [0.4, 0.5) is 0 Å². The summed E-state index contributed by atoms with van der Waals surface area (Å²) in [5, 5.41) is 14.4. The second-order valence-electron chi connectivity index (χ2n) is 6.41. The lowest BCUT2D eigenvalue weighted by atomic mass is 10.1. The van der Waals surface area contributed by atoms with E-state index in [-0.39, 0.29) is 5.75 Å². The molecule has 1 aliphatic heterocycles. The number of hydrogen-bond acceptors (Lipinski definition) is 7. The number of phenolic OH excluding ortho intramolecular Hbond substituents is 1. The average molecular weight is 371 g/mol. The van der Waals surface area contributed by atoms with Crippen LogP contribution in [-0.4, -0.2) is 33.3 Å². The minimum Gasteiger partial charge on any atom is -0.504 e. The van der Waals surface area contributed by atoms with Gasteiger partial charge >= 0.3 is 0 Å². The monoisotopic (exact) mass is 371 g/mol. The third kappa shape index (κ3) is 3.45. The van der Waals surface area contributed by atoms with Gasteiger partial charge in [-0.05, 0) is 36.8 Å². The maximum Gasteiger partial charge on any atom is 0.240 e. The van der Waals surface area contributed by atoms with E-state index in [1.807, 2.05) is 6.92 Å². The van der Waals surface area contributed by atoms with Crippen molar-refractivity contribution in [3.63, 3.8) is 0 Å². The van der Waals surface area contributed by atoms with Gasteiger partial charge in [-0.15, -0.1) is 11.3 Å². The lowest BCUT2D eigenvalue weighted by Gasteiger charge is -2.17. The summed E-state index contributed by atoms with van der Waals surface area (Å²) in [6, 6.07) is 8.06. The number of thiophene rings is 1. The van der Waals surface area contributed by atoms with Gasteiger partial charge in [0.15, 0.2) is 17.3 Å². The number of fused-ring (bicyclic) bond motifs is 1. The van der Waals surface area contributed by atoms with E-state index in [4.69, 9.17) is 9.26 Å². The molecule has 0 fully saturated rings. The molecule has 7 heteroatoms. The highest BCUT2D eigenvalue weighted by Gasteiger charge is 2.21. The van der Waals surface area contributed by atoms with Gasteiger partial charge in [-0.25, -0.2) is 0 Å². The Kier molecular flexibility index (Phi) is 4.65. The predicted molar refractivity (Wildman–Crippen MR) is 99.4 cm³/mol. The van der Waals surface area contributed by atoms with Crippen LogP contribution in [0.2, 0.25) is 0 Å². The Morgan fingerprint density at radius 1 is 1.31 bits per heavy atom. The lowest BCUT2D eigenvalue weighted by Crippen LogP contribution is -2.25. The summed E-state index contributed by atoms with van der Waals surface area (Å²) < 4.78 is 11.1. The van der Waals surface area contributed by atoms with Crippen molar-refractivity contribution in [3.05, 3.63) is 46.4 Å². The maximum absolute atomic E-state index is 10.5. The number of ether oxygens (including phenoxy) is 1. The van der Waals surface area contributed by atoms with E-state index in [1.165, 1.54) is 4.88 Å². The number of aryl methyl sites for hydroxylation is 2. The Morgan fingerprint density at radius 2 is 2.19 bits per heavy atom. The van der Waals surface area contributed by atoms with Gasteiger partial charge in [0.05, 0.1) is 6.54 Å². The van der Waals surface area contributed by atoms with Gasteiger partial charge in [-0.1, -0.05) is 12.1 Å². The molecule has 0 bridgehead atoms. The molecule has 2 aromatic heterocycles. The Hall–Kier alpha value is -2.38. The summed E-state index contributed by atoms with van der Waals surface area (Å²) in [4.78, 5) is 8.97. The highest BCUT2D eigenvalue weighted by molar-refractivity contribution is 7.15. The third-order valence-corrected chi connectivity index (χ3v) is 5.45. The molecule has 1 N–H and O–H groups in total. The van der Waals surface area contributed by atoms with Gasteiger partial charge in [0.1, 0.15) is 6.61 Å². The van der Waals surface area contributed by atoms with E-state index in [9.17, 15) is 5.11 Å². The average Bonchev–Trinajstić information content (AvgIpc) is 3.20. The molecule has 0 unspecified atom stereocenters. The molecule has 0 saturated heterocycles. The molecule has 0 atom stereocenters. The van der Waals surface area contributed by atoms with Gasteiger partial charge in [-0.2, -0.15) is 4.98 Å². The zero-order valence-electron chi connectivity index (χ0n) is 14.9. The SMILES string of the molecule is CCc1noc(CN2CCOc3c(O)cc(-c4ccc(C)s4)cc3C2)n1. The first-order valence-corrected chi connectivity index (χ1v) is 9.53. The molecule has 0 radical (unpaired) electrons. The highest BCUT2D eigenvalue weighted by Crippen LogP contribution is 2.39. The van der Waals surface area contributed by atoms with Gasteiger partial charge < -0.3 is 14.4 Å². The third-order valence-electron chi connectivity index (χ3n) is 4.40. The van der Waals surface area contributed by atoms with Crippen molar-refractivity contribution in [2.24, 2.45) is 0 Å². The van der Waals surface area contributed by atoms with Crippen molar-refractivity contribution in [1.82, 2.24) is 15.0 Å². The Morgan fingerprint density at radius 3 is 2.92 bits per heavy atom. The van der Waals surface area contributed by atoms with Crippen LogP contribution in [0.1, 0.15) is 29.1 Å². The van der Waals surface area contributed by atoms with Gasteiger partial charge in [0.2, 0.25) is 5.89 Å². The van der Waals surface area contributed by atoms with E-state index < -0.39 is 0 Å². The molecule has 0 aliphatic carbocycles. The van der Waals surface area contributed by atoms with Crippen LogP contribution in [-0.2, 0) is 19.5 Å². The smallest absolute Gasteiger partial charge is 0.240 e. The molecular weight excluding hydrogens is 350 g/mol. The molecule has 26 heavy (non-hydrogen) atoms. The van der Waals surface area contributed by atoms with Crippen LogP contribution in [0.25, 0.3) is 10.4 Å². The van der Waals surface area contributed by atoms with E-state index >= 15 is 0 Å². The lowest BCUT2D eigenvalue weighted by molar-refractivity contribution is 0.195. The summed E-state index contributed by atoms with van der Waals surface area (Å²) >= 11 is 1.72. The largest absolute Gasteiger partial charge is 0.504 e. The van der Waals surface area contributed by atoms with Crippen LogP contribution >= 0.6 is 11.3 Å². The molecule has 6 nitrogen and oxygen atoms in total. The summed E-state index contributed by atoms with van der Waals surface area (Å²) in [5.41, 5.74) is 1.98. The standard InChI is InChI=1S/C19H21N3O3S/c1-3-17-20-18(25-21-17)11-22-6-7-24-19-14(10-22)8-13(9-15(19)23)16-5-4-12(2)26-16/h4-5,8-9,23H,3,6-7,10-11H2,1-2H3. The summed E-state index contributed by atoms with van der Waals surface area (Å²) in [6.45, 7) is 6.54. The normalized spacial score (nSPS) is 14.7. The fourth-order valence-electron chi connectivity index (χ4n) is 3.11. The number of phenols is 1. The van der Waals surface area contributed by atoms with Crippen molar-refractivity contribution in [2.45, 2.75) is 33.4 Å². The van der Waals surface area contributed by atoms with Gasteiger partial charge in [-0.3, -0.25) is 4.90 Å². The number of aromatic hydroxyl groups is 1. The summed E-state index contributed by atoms with van der Waals surface area (Å²) in [6.07, 6.45) is 0.757. The Labute approximate surface area is 156 Å². The Balaban J connectivity index is 1.61. The molecule has 1 aliphatic rings. The molecule has 136 valence electrons. The zero-order chi connectivity index (χ0) is 18.1. The first kappa shape index (κ1) is 17.1. The van der Waals surface area contributed by atoms with Gasteiger partial charge in [0.25, 0.3) is 0 Å². The fraction of sp³-hybridized carbons (Fsp3) is 0.368. The quantitative estimate of drug-likeness (QED) is 0.753. The number of aromatic nitrogens is 2. The van der Waals surface area contributed by atoms with Crippen LogP contribution in [0.5, 0.6) is 11.5 Å². The van der Waals surface area contributed by atoms with Crippen molar-refractivity contribution >= 4 is 11.3 Å². The van der Waals surface area contributed by atoms with E-state index in [2.05, 4.69) is 40.2 Å². The number of hydrogen-bond donors (Lipinski definition) is 1. The van der Waals surface area contributed by atoms with Crippen molar-refractivity contribution < 1.29 is 14.4 Å². The van der Waals surface area contributed by atoms with E-state index in [0.29, 0.717) is 31.3 Å². The van der Waals surface area contributed by atoms with Crippen LogP contribution in [0, 0.1) is 6.92 Å².